The molecule has 300 valence electrons. The molecule has 3 aromatic heterocycles. The van der Waals surface area contributed by atoms with Gasteiger partial charge in [-0.2, -0.15) is 0 Å². The third-order valence-corrected chi connectivity index (χ3v) is 12.3. The number of rotatable bonds is 9. The molecule has 0 aromatic carbocycles. The highest BCUT2D eigenvalue weighted by atomic mass is 15.2. The maximum atomic E-state index is 4.57. The van der Waals surface area contributed by atoms with E-state index < -0.39 is 0 Å². The van der Waals surface area contributed by atoms with Gasteiger partial charge in [0.1, 0.15) is 11.6 Å². The molecule has 3 aromatic rings. The highest BCUT2D eigenvalue weighted by Gasteiger charge is 2.24. The van der Waals surface area contributed by atoms with Crippen LogP contribution in [0.5, 0.6) is 0 Å². The zero-order valence-corrected chi connectivity index (χ0v) is 36.3. The van der Waals surface area contributed by atoms with Crippen LogP contribution in [0.15, 0.2) is 43.1 Å². The second-order valence-corrected chi connectivity index (χ2v) is 18.2. The van der Waals surface area contributed by atoms with Crippen LogP contribution in [-0.2, 0) is 0 Å². The first-order valence-corrected chi connectivity index (χ1v) is 21.6. The SMILES string of the molecule is CC(C)c1ccc(N2CCC(C(C)C)CC2)cn1.CC(C)c1cnc(N2CCC(C(C)C)CC2)cn1.CC(C)c1ncc(N2CCC(C(C)C)CC2)cn1. The third kappa shape index (κ3) is 12.9. The van der Waals surface area contributed by atoms with Crippen LogP contribution < -0.4 is 14.7 Å². The van der Waals surface area contributed by atoms with Gasteiger partial charge in [-0.15, -0.1) is 0 Å². The lowest BCUT2D eigenvalue weighted by Crippen LogP contribution is -2.35. The average molecular weight is 741 g/mol. The molecule has 8 nitrogen and oxygen atoms in total. The molecular formula is C46H76N8. The van der Waals surface area contributed by atoms with Crippen molar-refractivity contribution in [2.75, 3.05) is 54.0 Å². The van der Waals surface area contributed by atoms with Gasteiger partial charge < -0.3 is 14.7 Å². The molecule has 0 unspecified atom stereocenters. The summed E-state index contributed by atoms with van der Waals surface area (Å²) in [6, 6.07) is 4.41. The van der Waals surface area contributed by atoms with E-state index in [1.807, 2.05) is 31.0 Å². The predicted octanol–water partition coefficient (Wildman–Crippen LogP) is 11.0. The Morgan fingerprint density at radius 1 is 0.407 bits per heavy atom. The Labute approximate surface area is 330 Å². The fourth-order valence-electron chi connectivity index (χ4n) is 7.96. The molecule has 54 heavy (non-hydrogen) atoms. The number of aromatic nitrogens is 5. The van der Waals surface area contributed by atoms with E-state index in [-0.39, 0.29) is 0 Å². The Bertz CT molecular complexity index is 1260. The number of hydrogen-bond acceptors (Lipinski definition) is 8. The highest BCUT2D eigenvalue weighted by Crippen LogP contribution is 2.30. The summed E-state index contributed by atoms with van der Waals surface area (Å²) in [5, 5.41) is 0. The fraction of sp³-hybridized carbons (Fsp3) is 0.717. The minimum Gasteiger partial charge on any atom is -0.370 e. The lowest BCUT2D eigenvalue weighted by Gasteiger charge is -2.35. The van der Waals surface area contributed by atoms with E-state index in [0.29, 0.717) is 17.8 Å². The molecule has 0 bridgehead atoms. The Hall–Kier alpha value is -3.29. The van der Waals surface area contributed by atoms with Gasteiger partial charge in [-0.05, 0) is 98.0 Å². The number of anilines is 3. The van der Waals surface area contributed by atoms with Crippen LogP contribution >= 0.6 is 0 Å². The van der Waals surface area contributed by atoms with E-state index in [0.717, 1.165) is 79.0 Å². The van der Waals surface area contributed by atoms with Crippen LogP contribution in [-0.4, -0.2) is 64.2 Å². The van der Waals surface area contributed by atoms with Gasteiger partial charge in [-0.25, -0.2) is 15.0 Å². The van der Waals surface area contributed by atoms with Crippen molar-refractivity contribution in [2.45, 2.75) is 139 Å². The van der Waals surface area contributed by atoms with Crippen molar-refractivity contribution < 1.29 is 0 Å². The first-order valence-electron chi connectivity index (χ1n) is 21.6. The molecule has 8 heteroatoms. The summed E-state index contributed by atoms with van der Waals surface area (Å²) in [6.07, 6.45) is 17.7. The van der Waals surface area contributed by atoms with Crippen molar-refractivity contribution in [3.8, 4) is 0 Å². The molecule has 6 rings (SSSR count). The quantitative estimate of drug-likeness (QED) is 0.215. The average Bonchev–Trinajstić information content (AvgIpc) is 3.18. The van der Waals surface area contributed by atoms with E-state index in [9.17, 15) is 0 Å². The Kier molecular flexibility index (Phi) is 17.0. The molecule has 0 spiro atoms. The third-order valence-electron chi connectivity index (χ3n) is 12.3. The first-order chi connectivity index (χ1) is 25.7. The molecule has 0 aliphatic carbocycles. The molecule has 6 heterocycles. The van der Waals surface area contributed by atoms with Crippen molar-refractivity contribution in [3.63, 3.8) is 0 Å². The number of pyridine rings is 1. The molecule has 3 aliphatic rings. The number of piperidine rings is 3. The summed E-state index contributed by atoms with van der Waals surface area (Å²) < 4.78 is 0. The Morgan fingerprint density at radius 3 is 1.17 bits per heavy atom. The summed E-state index contributed by atoms with van der Waals surface area (Å²) in [5.74, 6) is 8.49. The predicted molar refractivity (Wildman–Crippen MR) is 230 cm³/mol. The van der Waals surface area contributed by atoms with Gasteiger partial charge in [0.2, 0.25) is 0 Å². The van der Waals surface area contributed by atoms with Crippen LogP contribution in [0.4, 0.5) is 17.2 Å². The van der Waals surface area contributed by atoms with Crippen LogP contribution in [0.2, 0.25) is 0 Å². The van der Waals surface area contributed by atoms with Gasteiger partial charge in [0.15, 0.2) is 0 Å². The standard InChI is InChI=1S/C16H26N2.2C15H25N3/c1-12(2)14-7-9-18(10-8-14)15-5-6-16(13(3)4)17-11-15;1-11(2)13-5-7-18(8-6-13)15-10-16-14(9-17-15)12(3)4;1-11(2)13-5-7-18(8-6-13)14-9-16-15(12(3)4)17-10-14/h5-6,11-14H,7-10H2,1-4H3;2*9-13H,5-8H2,1-4H3. The largest absolute Gasteiger partial charge is 0.370 e. The highest BCUT2D eigenvalue weighted by molar-refractivity contribution is 5.45. The van der Waals surface area contributed by atoms with Crippen LogP contribution in [0.25, 0.3) is 0 Å². The lowest BCUT2D eigenvalue weighted by molar-refractivity contribution is 0.310. The molecule has 3 aliphatic heterocycles. The van der Waals surface area contributed by atoms with Gasteiger partial charge in [0.05, 0.1) is 48.1 Å². The Morgan fingerprint density at radius 2 is 0.815 bits per heavy atom. The van der Waals surface area contributed by atoms with E-state index in [1.54, 1.807) is 0 Å². The molecule has 0 radical (unpaired) electrons. The van der Waals surface area contributed by atoms with Crippen LogP contribution in [0.1, 0.15) is 157 Å². The van der Waals surface area contributed by atoms with E-state index in [1.165, 1.54) is 68.7 Å². The lowest BCUT2D eigenvalue weighted by atomic mass is 9.86. The van der Waals surface area contributed by atoms with Crippen molar-refractivity contribution >= 4 is 17.2 Å². The number of hydrogen-bond donors (Lipinski definition) is 0. The van der Waals surface area contributed by atoms with E-state index >= 15 is 0 Å². The molecule has 0 atom stereocenters. The van der Waals surface area contributed by atoms with Crippen molar-refractivity contribution in [3.05, 3.63) is 60.3 Å². The summed E-state index contributed by atoms with van der Waals surface area (Å²) in [6.45, 7) is 33.9. The summed E-state index contributed by atoms with van der Waals surface area (Å²) >= 11 is 0. The minimum absolute atomic E-state index is 0.408. The monoisotopic (exact) mass is 741 g/mol. The van der Waals surface area contributed by atoms with Gasteiger partial charge in [-0.3, -0.25) is 9.97 Å². The second-order valence-electron chi connectivity index (χ2n) is 18.2. The zero-order chi connectivity index (χ0) is 39.4. The van der Waals surface area contributed by atoms with E-state index in [2.05, 4.69) is 135 Å². The van der Waals surface area contributed by atoms with Gasteiger partial charge >= 0.3 is 0 Å². The minimum atomic E-state index is 0.408. The van der Waals surface area contributed by atoms with Crippen molar-refractivity contribution in [1.82, 2.24) is 24.9 Å². The molecular weight excluding hydrogens is 665 g/mol. The molecule has 0 saturated carbocycles. The second kappa shape index (κ2) is 21.1. The maximum absolute atomic E-state index is 4.57. The van der Waals surface area contributed by atoms with Crippen LogP contribution in [0, 0.1) is 35.5 Å². The molecule has 3 saturated heterocycles. The summed E-state index contributed by atoms with van der Waals surface area (Å²) in [4.78, 5) is 29.8. The summed E-state index contributed by atoms with van der Waals surface area (Å²) in [7, 11) is 0. The fourth-order valence-corrected chi connectivity index (χ4v) is 7.96. The van der Waals surface area contributed by atoms with Crippen molar-refractivity contribution in [1.29, 1.82) is 0 Å². The van der Waals surface area contributed by atoms with Gasteiger partial charge in [-0.1, -0.05) is 83.1 Å². The Balaban J connectivity index is 0.000000180. The summed E-state index contributed by atoms with van der Waals surface area (Å²) in [5.41, 5.74) is 4.75. The van der Waals surface area contributed by atoms with Crippen LogP contribution in [0.3, 0.4) is 0 Å². The normalized spacial score (nSPS) is 17.8. The molecule has 0 amide bonds. The van der Waals surface area contributed by atoms with Crippen molar-refractivity contribution in [2.24, 2.45) is 35.5 Å². The molecule has 0 N–H and O–H groups in total. The zero-order valence-electron chi connectivity index (χ0n) is 36.3. The maximum Gasteiger partial charge on any atom is 0.147 e. The van der Waals surface area contributed by atoms with Gasteiger partial charge in [0, 0.05) is 50.9 Å². The molecule has 3 fully saturated rings. The topological polar surface area (TPSA) is 74.2 Å². The number of nitrogens with zero attached hydrogens (tertiary/aromatic N) is 8. The first kappa shape index (κ1) is 43.4. The van der Waals surface area contributed by atoms with Gasteiger partial charge in [0.25, 0.3) is 0 Å². The van der Waals surface area contributed by atoms with E-state index in [4.69, 9.17) is 0 Å². The smallest absolute Gasteiger partial charge is 0.147 e.